The second-order valence-corrected chi connectivity index (χ2v) is 5.96. The molecule has 0 aliphatic rings. The zero-order valence-corrected chi connectivity index (χ0v) is 16.4. The van der Waals surface area contributed by atoms with Gasteiger partial charge in [-0.3, -0.25) is 0 Å². The third kappa shape index (κ3) is 4.82. The molecule has 0 spiro atoms. The third-order valence-electron chi connectivity index (χ3n) is 4.18. The van der Waals surface area contributed by atoms with Crippen LogP contribution in [0.2, 0.25) is 0 Å². The van der Waals surface area contributed by atoms with E-state index >= 15 is 0 Å². The van der Waals surface area contributed by atoms with Crippen molar-refractivity contribution >= 4 is 17.6 Å². The Morgan fingerprint density at radius 2 is 1.59 bits per heavy atom. The molecule has 0 saturated heterocycles. The van der Waals surface area contributed by atoms with Gasteiger partial charge in [0.1, 0.15) is 6.33 Å². The summed E-state index contributed by atoms with van der Waals surface area (Å²) in [5.74, 6) is 2.16. The topological polar surface area (TPSA) is 111 Å². The molecule has 0 amide bonds. The average molecular weight is 397 g/mol. The highest BCUT2D eigenvalue weighted by atomic mass is 16.5. The number of rotatable bonds is 9. The van der Waals surface area contributed by atoms with Crippen LogP contribution in [0.4, 0.5) is 17.6 Å². The van der Waals surface area contributed by atoms with E-state index in [4.69, 9.17) is 14.2 Å². The van der Waals surface area contributed by atoms with Gasteiger partial charge in [-0.05, 0) is 5.56 Å². The van der Waals surface area contributed by atoms with Crippen LogP contribution in [0.3, 0.4) is 0 Å². The molecule has 3 N–H and O–H groups in total. The Morgan fingerprint density at radius 1 is 0.931 bits per heavy atom. The Labute approximate surface area is 168 Å². The lowest BCUT2D eigenvalue weighted by Gasteiger charge is -2.17. The van der Waals surface area contributed by atoms with Crippen LogP contribution in [0.1, 0.15) is 11.6 Å². The third-order valence-corrected chi connectivity index (χ3v) is 4.18. The highest BCUT2D eigenvalue weighted by Crippen LogP contribution is 2.40. The van der Waals surface area contributed by atoms with Gasteiger partial charge in [0, 0.05) is 17.8 Å². The van der Waals surface area contributed by atoms with Gasteiger partial charge in [0.25, 0.3) is 0 Å². The highest BCUT2D eigenvalue weighted by Gasteiger charge is 2.15. The molecule has 1 heterocycles. The normalized spacial score (nSPS) is 11.4. The maximum absolute atomic E-state index is 9.72. The number of aliphatic hydroxyl groups excluding tert-OH is 1. The standard InChI is InChI=1S/C20H23N5O4/c1-27-16-9-14(10-17(28-2)18(16)29-3)23-19-21-12-22-20(25-19)24-15(11-26)13-7-5-4-6-8-13/h4-10,12,15,26H,11H2,1-3H3,(H2,21,22,23,24,25)/t15-/m0/s1. The number of anilines is 3. The van der Waals surface area contributed by atoms with Crippen LogP contribution in [0.15, 0.2) is 48.8 Å². The summed E-state index contributed by atoms with van der Waals surface area (Å²) in [6, 6.07) is 12.7. The lowest BCUT2D eigenvalue weighted by Crippen LogP contribution is -2.17. The lowest BCUT2D eigenvalue weighted by molar-refractivity contribution is 0.276. The zero-order chi connectivity index (χ0) is 20.6. The summed E-state index contributed by atoms with van der Waals surface area (Å²) in [7, 11) is 4.64. The first kappa shape index (κ1) is 20.2. The van der Waals surface area contributed by atoms with Gasteiger partial charge in [0.15, 0.2) is 11.5 Å². The molecule has 0 aliphatic heterocycles. The summed E-state index contributed by atoms with van der Waals surface area (Å²) in [6.45, 7) is -0.106. The Bertz CT molecular complexity index is 914. The van der Waals surface area contributed by atoms with Gasteiger partial charge >= 0.3 is 0 Å². The molecule has 0 aliphatic carbocycles. The van der Waals surface area contributed by atoms with E-state index in [2.05, 4.69) is 25.6 Å². The molecule has 0 saturated carbocycles. The molecule has 1 atom stereocenters. The molecular weight excluding hydrogens is 374 g/mol. The van der Waals surface area contributed by atoms with Crippen LogP contribution in [0, 0.1) is 0 Å². The molecule has 2 aromatic carbocycles. The number of hydrogen-bond donors (Lipinski definition) is 3. The molecule has 152 valence electrons. The Balaban J connectivity index is 1.81. The van der Waals surface area contributed by atoms with Gasteiger partial charge in [0.05, 0.1) is 34.0 Å². The molecule has 0 bridgehead atoms. The van der Waals surface area contributed by atoms with Crippen LogP contribution in [-0.2, 0) is 0 Å². The van der Waals surface area contributed by atoms with Gasteiger partial charge in [-0.25, -0.2) is 9.97 Å². The number of benzene rings is 2. The van der Waals surface area contributed by atoms with Gasteiger partial charge < -0.3 is 30.0 Å². The summed E-state index contributed by atoms with van der Waals surface area (Å²) in [4.78, 5) is 12.6. The van der Waals surface area contributed by atoms with Gasteiger partial charge in [-0.15, -0.1) is 0 Å². The molecule has 0 unspecified atom stereocenters. The van der Waals surface area contributed by atoms with E-state index in [-0.39, 0.29) is 12.6 Å². The molecule has 3 aromatic rings. The van der Waals surface area contributed by atoms with Crippen molar-refractivity contribution in [3.8, 4) is 17.2 Å². The average Bonchev–Trinajstić information content (AvgIpc) is 2.77. The van der Waals surface area contributed by atoms with Crippen molar-refractivity contribution in [2.45, 2.75) is 6.04 Å². The number of hydrogen-bond acceptors (Lipinski definition) is 9. The molecule has 0 fully saturated rings. The maximum atomic E-state index is 9.72. The van der Waals surface area contributed by atoms with E-state index in [1.54, 1.807) is 33.5 Å². The molecule has 1 aromatic heterocycles. The molecule has 9 heteroatoms. The van der Waals surface area contributed by atoms with Crippen molar-refractivity contribution in [1.29, 1.82) is 0 Å². The monoisotopic (exact) mass is 397 g/mol. The summed E-state index contributed by atoms with van der Waals surface area (Å²) < 4.78 is 16.0. The minimum atomic E-state index is -0.340. The fourth-order valence-corrected chi connectivity index (χ4v) is 2.78. The minimum absolute atomic E-state index is 0.106. The van der Waals surface area contributed by atoms with E-state index in [0.717, 1.165) is 5.56 Å². The van der Waals surface area contributed by atoms with Crippen LogP contribution in [-0.4, -0.2) is 48.0 Å². The summed E-state index contributed by atoms with van der Waals surface area (Å²) >= 11 is 0. The quantitative estimate of drug-likeness (QED) is 0.502. The first-order valence-electron chi connectivity index (χ1n) is 8.87. The fourth-order valence-electron chi connectivity index (χ4n) is 2.78. The Kier molecular flexibility index (Phi) is 6.64. The highest BCUT2D eigenvalue weighted by molar-refractivity contribution is 5.65. The van der Waals surface area contributed by atoms with Gasteiger partial charge in [0.2, 0.25) is 17.6 Å². The number of ether oxygens (including phenoxy) is 3. The number of methoxy groups -OCH3 is 3. The van der Waals surface area contributed by atoms with Crippen LogP contribution >= 0.6 is 0 Å². The number of nitrogens with zero attached hydrogens (tertiary/aromatic N) is 3. The zero-order valence-electron chi connectivity index (χ0n) is 16.4. The van der Waals surface area contributed by atoms with Gasteiger partial charge in [-0.1, -0.05) is 30.3 Å². The Morgan fingerprint density at radius 3 is 2.17 bits per heavy atom. The predicted octanol–water partition coefficient (Wildman–Crippen LogP) is 2.79. The van der Waals surface area contributed by atoms with Crippen molar-refractivity contribution in [2.75, 3.05) is 38.6 Å². The molecule has 3 rings (SSSR count). The lowest BCUT2D eigenvalue weighted by atomic mass is 10.1. The summed E-state index contributed by atoms with van der Waals surface area (Å²) in [5, 5.41) is 15.9. The maximum Gasteiger partial charge on any atom is 0.231 e. The molecule has 0 radical (unpaired) electrons. The molecule has 9 nitrogen and oxygen atoms in total. The van der Waals surface area contributed by atoms with Crippen molar-refractivity contribution in [3.63, 3.8) is 0 Å². The van der Waals surface area contributed by atoms with E-state index in [9.17, 15) is 5.11 Å². The first-order valence-corrected chi connectivity index (χ1v) is 8.87. The van der Waals surface area contributed by atoms with E-state index in [1.165, 1.54) is 6.33 Å². The van der Waals surface area contributed by atoms with Crippen molar-refractivity contribution in [1.82, 2.24) is 15.0 Å². The predicted molar refractivity (Wildman–Crippen MR) is 109 cm³/mol. The first-order chi connectivity index (χ1) is 14.2. The SMILES string of the molecule is COc1cc(Nc2ncnc(N[C@@H](CO)c3ccccc3)n2)cc(OC)c1OC. The van der Waals surface area contributed by atoms with Crippen molar-refractivity contribution in [2.24, 2.45) is 0 Å². The van der Waals surface area contributed by atoms with Crippen LogP contribution < -0.4 is 24.8 Å². The Hall–Kier alpha value is -3.59. The smallest absolute Gasteiger partial charge is 0.231 e. The van der Waals surface area contributed by atoms with Crippen molar-refractivity contribution < 1.29 is 19.3 Å². The van der Waals surface area contributed by atoms with E-state index < -0.39 is 0 Å². The summed E-state index contributed by atoms with van der Waals surface area (Å²) in [5.41, 5.74) is 1.58. The number of aliphatic hydroxyl groups is 1. The fraction of sp³-hybridized carbons (Fsp3) is 0.250. The molecular formula is C20H23N5O4. The molecule has 29 heavy (non-hydrogen) atoms. The largest absolute Gasteiger partial charge is 0.493 e. The number of aromatic nitrogens is 3. The summed E-state index contributed by atoms with van der Waals surface area (Å²) in [6.07, 6.45) is 1.38. The van der Waals surface area contributed by atoms with Crippen LogP contribution in [0.25, 0.3) is 0 Å². The second kappa shape index (κ2) is 9.56. The second-order valence-electron chi connectivity index (χ2n) is 5.96. The van der Waals surface area contributed by atoms with Gasteiger partial charge in [-0.2, -0.15) is 4.98 Å². The minimum Gasteiger partial charge on any atom is -0.493 e. The van der Waals surface area contributed by atoms with Crippen LogP contribution in [0.5, 0.6) is 17.2 Å². The van der Waals surface area contributed by atoms with E-state index in [1.807, 2.05) is 30.3 Å². The number of nitrogens with one attached hydrogen (secondary N) is 2. The van der Waals surface area contributed by atoms with E-state index in [0.29, 0.717) is 34.8 Å². The van der Waals surface area contributed by atoms with Crippen molar-refractivity contribution in [3.05, 3.63) is 54.4 Å².